The fraction of sp³-hybridized carbons (Fsp3) is 0.400. The summed E-state index contributed by atoms with van der Waals surface area (Å²) in [5.74, 6) is 0.637. The van der Waals surface area contributed by atoms with Crippen molar-refractivity contribution < 1.29 is 14.2 Å². The van der Waals surface area contributed by atoms with E-state index in [1.807, 2.05) is 6.07 Å². The summed E-state index contributed by atoms with van der Waals surface area (Å²) in [6.45, 7) is 0.808. The Morgan fingerprint density at radius 2 is 2.19 bits per heavy atom. The molecular weight excluding hydrogens is 210 g/mol. The van der Waals surface area contributed by atoms with Crippen molar-refractivity contribution >= 4 is 5.69 Å². The zero-order valence-corrected chi connectivity index (χ0v) is 9.19. The van der Waals surface area contributed by atoms with Crippen LogP contribution in [0.4, 0.5) is 5.69 Å². The van der Waals surface area contributed by atoms with Crippen LogP contribution in [0, 0.1) is 11.3 Å². The predicted octanol–water partition coefficient (Wildman–Crippen LogP) is 0.569. The van der Waals surface area contributed by atoms with E-state index in [0.717, 1.165) is 0 Å². The SMILES string of the molecule is COCCOc1cc(N)c(C#N)nc1OC. The van der Waals surface area contributed by atoms with Crippen molar-refractivity contribution in [3.63, 3.8) is 0 Å². The van der Waals surface area contributed by atoms with Crippen LogP contribution in [-0.2, 0) is 4.74 Å². The number of pyridine rings is 1. The molecule has 0 aromatic carbocycles. The van der Waals surface area contributed by atoms with Gasteiger partial charge in [-0.15, -0.1) is 0 Å². The van der Waals surface area contributed by atoms with E-state index in [-0.39, 0.29) is 17.3 Å². The van der Waals surface area contributed by atoms with Gasteiger partial charge in [-0.05, 0) is 0 Å². The van der Waals surface area contributed by atoms with Gasteiger partial charge in [0.15, 0.2) is 11.4 Å². The number of methoxy groups -OCH3 is 2. The highest BCUT2D eigenvalue weighted by Gasteiger charge is 2.11. The maximum atomic E-state index is 8.73. The standard InChI is InChI=1S/C10H13N3O3/c1-14-3-4-16-9-5-7(12)8(6-11)13-10(9)15-2/h5H,3-4,12H2,1-2H3. The minimum Gasteiger partial charge on any atom is -0.485 e. The maximum absolute atomic E-state index is 8.73. The fourth-order valence-electron chi connectivity index (χ4n) is 1.07. The molecule has 0 saturated heterocycles. The molecular formula is C10H13N3O3. The van der Waals surface area contributed by atoms with Crippen LogP contribution in [0.15, 0.2) is 6.07 Å². The lowest BCUT2D eigenvalue weighted by atomic mass is 10.3. The molecule has 0 fully saturated rings. The zero-order chi connectivity index (χ0) is 12.0. The van der Waals surface area contributed by atoms with Crippen molar-refractivity contribution in [2.24, 2.45) is 0 Å². The first-order valence-corrected chi connectivity index (χ1v) is 4.59. The minimum atomic E-state index is 0.121. The van der Waals surface area contributed by atoms with Gasteiger partial charge in [0.05, 0.1) is 19.4 Å². The second-order valence-corrected chi connectivity index (χ2v) is 2.89. The first-order valence-electron chi connectivity index (χ1n) is 4.59. The lowest BCUT2D eigenvalue weighted by molar-refractivity contribution is 0.143. The summed E-state index contributed by atoms with van der Waals surface area (Å²) in [5.41, 5.74) is 5.99. The van der Waals surface area contributed by atoms with Crippen LogP contribution >= 0.6 is 0 Å². The Kier molecular flexibility index (Phi) is 4.36. The van der Waals surface area contributed by atoms with Gasteiger partial charge in [0.2, 0.25) is 0 Å². The third-order valence-electron chi connectivity index (χ3n) is 1.83. The summed E-state index contributed by atoms with van der Waals surface area (Å²) in [4.78, 5) is 3.91. The number of nitrogens with two attached hydrogens (primary N) is 1. The van der Waals surface area contributed by atoms with Gasteiger partial charge in [-0.2, -0.15) is 10.2 Å². The number of ether oxygens (including phenoxy) is 3. The van der Waals surface area contributed by atoms with Crippen LogP contribution in [0.5, 0.6) is 11.6 Å². The first kappa shape index (κ1) is 12.1. The van der Waals surface area contributed by atoms with Crippen molar-refractivity contribution in [3.8, 4) is 17.7 Å². The maximum Gasteiger partial charge on any atom is 0.258 e. The number of anilines is 1. The van der Waals surface area contributed by atoms with Gasteiger partial charge >= 0.3 is 0 Å². The highest BCUT2D eigenvalue weighted by atomic mass is 16.5. The molecule has 1 aromatic heterocycles. The lowest BCUT2D eigenvalue weighted by Gasteiger charge is -2.10. The molecule has 0 aliphatic rings. The van der Waals surface area contributed by atoms with Crippen molar-refractivity contribution in [2.75, 3.05) is 33.2 Å². The van der Waals surface area contributed by atoms with E-state index in [9.17, 15) is 0 Å². The lowest BCUT2D eigenvalue weighted by Crippen LogP contribution is -2.07. The summed E-state index contributed by atoms with van der Waals surface area (Å²) < 4.78 is 15.2. The summed E-state index contributed by atoms with van der Waals surface area (Å²) in [6, 6.07) is 3.38. The van der Waals surface area contributed by atoms with Crippen LogP contribution < -0.4 is 15.2 Å². The second-order valence-electron chi connectivity index (χ2n) is 2.89. The van der Waals surface area contributed by atoms with Crippen molar-refractivity contribution in [3.05, 3.63) is 11.8 Å². The average Bonchev–Trinajstić information content (AvgIpc) is 2.30. The van der Waals surface area contributed by atoms with Gasteiger partial charge in [-0.1, -0.05) is 0 Å². The van der Waals surface area contributed by atoms with Crippen molar-refractivity contribution in [2.45, 2.75) is 0 Å². The third-order valence-corrected chi connectivity index (χ3v) is 1.83. The minimum absolute atomic E-state index is 0.121. The summed E-state index contributed by atoms with van der Waals surface area (Å²) in [7, 11) is 3.02. The Labute approximate surface area is 93.5 Å². The van der Waals surface area contributed by atoms with E-state index in [1.165, 1.54) is 13.2 Å². The summed E-state index contributed by atoms with van der Waals surface area (Å²) >= 11 is 0. The zero-order valence-electron chi connectivity index (χ0n) is 9.19. The quantitative estimate of drug-likeness (QED) is 0.734. The number of nitrogens with zero attached hydrogens (tertiary/aromatic N) is 2. The van der Waals surface area contributed by atoms with Crippen LogP contribution in [0.1, 0.15) is 5.69 Å². The molecule has 6 heteroatoms. The molecule has 0 saturated carbocycles. The molecule has 0 aliphatic carbocycles. The van der Waals surface area contributed by atoms with Crippen LogP contribution in [0.3, 0.4) is 0 Å². The number of nitrogen functional groups attached to an aromatic ring is 1. The normalized spacial score (nSPS) is 9.56. The first-order chi connectivity index (χ1) is 7.72. The van der Waals surface area contributed by atoms with E-state index in [1.54, 1.807) is 7.11 Å². The fourth-order valence-corrected chi connectivity index (χ4v) is 1.07. The third kappa shape index (κ3) is 2.74. The molecule has 0 bridgehead atoms. The molecule has 0 amide bonds. The van der Waals surface area contributed by atoms with Crippen LogP contribution in [-0.4, -0.2) is 32.4 Å². The van der Waals surface area contributed by atoms with Crippen LogP contribution in [0.2, 0.25) is 0 Å². The highest BCUT2D eigenvalue weighted by molar-refractivity contribution is 5.56. The van der Waals surface area contributed by atoms with E-state index in [0.29, 0.717) is 19.0 Å². The molecule has 0 spiro atoms. The smallest absolute Gasteiger partial charge is 0.258 e. The Morgan fingerprint density at radius 3 is 2.75 bits per heavy atom. The summed E-state index contributed by atoms with van der Waals surface area (Å²) in [6.07, 6.45) is 0. The van der Waals surface area contributed by atoms with E-state index < -0.39 is 0 Å². The van der Waals surface area contributed by atoms with Gasteiger partial charge < -0.3 is 19.9 Å². The van der Waals surface area contributed by atoms with Crippen molar-refractivity contribution in [1.29, 1.82) is 5.26 Å². The molecule has 0 atom stereocenters. The molecule has 1 rings (SSSR count). The largest absolute Gasteiger partial charge is 0.485 e. The molecule has 1 aromatic rings. The van der Waals surface area contributed by atoms with E-state index in [4.69, 9.17) is 25.2 Å². The molecule has 16 heavy (non-hydrogen) atoms. The van der Waals surface area contributed by atoms with E-state index in [2.05, 4.69) is 4.98 Å². The van der Waals surface area contributed by atoms with Gasteiger partial charge in [0.25, 0.3) is 5.88 Å². The molecule has 0 radical (unpaired) electrons. The Morgan fingerprint density at radius 1 is 1.44 bits per heavy atom. The predicted molar refractivity (Wildman–Crippen MR) is 57.3 cm³/mol. The Hall–Kier alpha value is -2.00. The van der Waals surface area contributed by atoms with Crippen LogP contribution in [0.25, 0.3) is 0 Å². The van der Waals surface area contributed by atoms with E-state index >= 15 is 0 Å². The average molecular weight is 223 g/mol. The number of hydrogen-bond acceptors (Lipinski definition) is 6. The Bertz CT molecular complexity index is 401. The number of nitriles is 1. The van der Waals surface area contributed by atoms with Gasteiger partial charge in [-0.3, -0.25) is 0 Å². The van der Waals surface area contributed by atoms with Gasteiger partial charge in [0.1, 0.15) is 12.7 Å². The van der Waals surface area contributed by atoms with Gasteiger partial charge in [-0.25, -0.2) is 0 Å². The molecule has 6 nitrogen and oxygen atoms in total. The molecule has 1 heterocycles. The molecule has 2 N–H and O–H groups in total. The number of rotatable bonds is 5. The number of hydrogen-bond donors (Lipinski definition) is 1. The number of aromatic nitrogens is 1. The monoisotopic (exact) mass is 223 g/mol. The highest BCUT2D eigenvalue weighted by Crippen LogP contribution is 2.28. The second kappa shape index (κ2) is 5.78. The molecule has 0 aliphatic heterocycles. The van der Waals surface area contributed by atoms with Crippen molar-refractivity contribution in [1.82, 2.24) is 4.98 Å². The molecule has 0 unspecified atom stereocenters. The topological polar surface area (TPSA) is 90.4 Å². The molecule has 86 valence electrons. The Balaban J connectivity index is 2.91. The summed E-state index contributed by atoms with van der Waals surface area (Å²) in [5, 5.41) is 8.73. The van der Waals surface area contributed by atoms with Gasteiger partial charge in [0, 0.05) is 13.2 Å².